The highest BCUT2D eigenvalue weighted by molar-refractivity contribution is 4.87. The Labute approximate surface area is 112 Å². The van der Waals surface area contributed by atoms with Crippen molar-refractivity contribution in [3.8, 4) is 0 Å². The van der Waals surface area contributed by atoms with E-state index in [0.717, 1.165) is 45.9 Å². The maximum atomic E-state index is 5.68. The summed E-state index contributed by atoms with van der Waals surface area (Å²) in [5.74, 6) is 0.672. The van der Waals surface area contributed by atoms with Crippen molar-refractivity contribution in [1.29, 1.82) is 0 Å². The number of nitrogens with one attached hydrogen (secondary N) is 1. The van der Waals surface area contributed by atoms with Gasteiger partial charge < -0.3 is 14.8 Å². The molecular formula is C14H30N2O2. The highest BCUT2D eigenvalue weighted by Crippen LogP contribution is 2.16. The lowest BCUT2D eigenvalue weighted by atomic mass is 10.0. The second-order valence-electron chi connectivity index (χ2n) is 5.48. The third kappa shape index (κ3) is 5.22. The molecule has 1 aliphatic rings. The normalized spacial score (nSPS) is 25.0. The molecule has 0 aliphatic carbocycles. The molecule has 0 bridgehead atoms. The Bertz CT molecular complexity index is 210. The van der Waals surface area contributed by atoms with E-state index in [4.69, 9.17) is 9.47 Å². The van der Waals surface area contributed by atoms with Crippen molar-refractivity contribution in [1.82, 2.24) is 10.2 Å². The largest absolute Gasteiger partial charge is 0.383 e. The number of ether oxygens (including phenoxy) is 2. The summed E-state index contributed by atoms with van der Waals surface area (Å²) in [6.07, 6.45) is 1.11. The second kappa shape index (κ2) is 8.86. The maximum absolute atomic E-state index is 5.68. The van der Waals surface area contributed by atoms with Crippen molar-refractivity contribution in [2.45, 2.75) is 39.3 Å². The van der Waals surface area contributed by atoms with Crippen LogP contribution in [0.3, 0.4) is 0 Å². The first-order valence-electron chi connectivity index (χ1n) is 7.23. The minimum Gasteiger partial charge on any atom is -0.383 e. The smallest absolute Gasteiger partial charge is 0.0637 e. The molecule has 1 aliphatic heterocycles. The Morgan fingerprint density at radius 2 is 2.22 bits per heavy atom. The van der Waals surface area contributed by atoms with E-state index in [2.05, 4.69) is 31.0 Å². The number of methoxy groups -OCH3 is 1. The number of hydrogen-bond donors (Lipinski definition) is 1. The van der Waals surface area contributed by atoms with Crippen LogP contribution < -0.4 is 5.32 Å². The van der Waals surface area contributed by atoms with Gasteiger partial charge in [0, 0.05) is 38.9 Å². The number of nitrogens with zero attached hydrogens (tertiary/aromatic N) is 1. The fourth-order valence-corrected chi connectivity index (χ4v) is 2.65. The molecule has 1 saturated heterocycles. The molecule has 0 radical (unpaired) electrons. The van der Waals surface area contributed by atoms with E-state index in [1.165, 1.54) is 0 Å². The van der Waals surface area contributed by atoms with Crippen LogP contribution in [-0.4, -0.2) is 63.5 Å². The molecule has 2 unspecified atom stereocenters. The van der Waals surface area contributed by atoms with Gasteiger partial charge in [0.25, 0.3) is 0 Å². The Morgan fingerprint density at radius 1 is 1.44 bits per heavy atom. The second-order valence-corrected chi connectivity index (χ2v) is 5.48. The van der Waals surface area contributed by atoms with Crippen LogP contribution in [-0.2, 0) is 9.47 Å². The van der Waals surface area contributed by atoms with Crippen LogP contribution in [0.2, 0.25) is 0 Å². The van der Waals surface area contributed by atoms with E-state index < -0.39 is 0 Å². The van der Waals surface area contributed by atoms with Crippen LogP contribution >= 0.6 is 0 Å². The van der Waals surface area contributed by atoms with Crippen LogP contribution in [0.5, 0.6) is 0 Å². The summed E-state index contributed by atoms with van der Waals surface area (Å²) in [4.78, 5) is 2.53. The lowest BCUT2D eigenvalue weighted by molar-refractivity contribution is -0.0140. The van der Waals surface area contributed by atoms with Crippen molar-refractivity contribution in [2.24, 2.45) is 5.92 Å². The minimum atomic E-state index is 0.483. The summed E-state index contributed by atoms with van der Waals surface area (Å²) >= 11 is 0. The molecule has 0 spiro atoms. The first-order valence-corrected chi connectivity index (χ1v) is 7.23. The lowest BCUT2D eigenvalue weighted by Gasteiger charge is -2.40. The monoisotopic (exact) mass is 258 g/mol. The first-order chi connectivity index (χ1) is 8.69. The van der Waals surface area contributed by atoms with Crippen molar-refractivity contribution in [3.63, 3.8) is 0 Å². The Morgan fingerprint density at radius 3 is 2.83 bits per heavy atom. The van der Waals surface area contributed by atoms with Crippen LogP contribution in [0.15, 0.2) is 0 Å². The van der Waals surface area contributed by atoms with E-state index in [1.54, 1.807) is 7.11 Å². The maximum Gasteiger partial charge on any atom is 0.0637 e. The molecule has 0 aromatic carbocycles. The fourth-order valence-electron chi connectivity index (χ4n) is 2.65. The summed E-state index contributed by atoms with van der Waals surface area (Å²) in [6.45, 7) is 12.4. The SMILES string of the molecule is CCNC1CCOCC1N(CCOC)CC(C)C. The topological polar surface area (TPSA) is 33.7 Å². The average molecular weight is 258 g/mol. The minimum absolute atomic E-state index is 0.483. The summed E-state index contributed by atoms with van der Waals surface area (Å²) in [7, 11) is 1.77. The molecule has 18 heavy (non-hydrogen) atoms. The van der Waals surface area contributed by atoms with E-state index >= 15 is 0 Å². The standard InChI is InChI=1S/C14H30N2O2/c1-5-15-13-6-8-18-11-14(13)16(7-9-17-4)10-12(2)3/h12-15H,5-11H2,1-4H3. The molecule has 4 heteroatoms. The van der Waals surface area contributed by atoms with Gasteiger partial charge in [-0.3, -0.25) is 4.90 Å². The Balaban J connectivity index is 2.60. The molecular weight excluding hydrogens is 228 g/mol. The molecule has 4 nitrogen and oxygen atoms in total. The fraction of sp³-hybridized carbons (Fsp3) is 1.00. The van der Waals surface area contributed by atoms with E-state index in [9.17, 15) is 0 Å². The van der Waals surface area contributed by atoms with Crippen molar-refractivity contribution in [3.05, 3.63) is 0 Å². The predicted molar refractivity (Wildman–Crippen MR) is 75.0 cm³/mol. The summed E-state index contributed by atoms with van der Waals surface area (Å²) in [5.41, 5.74) is 0. The van der Waals surface area contributed by atoms with Crippen molar-refractivity contribution >= 4 is 0 Å². The van der Waals surface area contributed by atoms with Crippen LogP contribution in [0.1, 0.15) is 27.2 Å². The lowest BCUT2D eigenvalue weighted by Crippen LogP contribution is -2.56. The molecule has 0 saturated carbocycles. The molecule has 108 valence electrons. The highest BCUT2D eigenvalue weighted by Gasteiger charge is 2.30. The number of likely N-dealkylation sites (N-methyl/N-ethyl adjacent to an activating group) is 1. The summed E-state index contributed by atoms with van der Waals surface area (Å²) in [6, 6.07) is 1.04. The molecule has 1 heterocycles. The zero-order valence-electron chi connectivity index (χ0n) is 12.4. The van der Waals surface area contributed by atoms with Crippen LogP contribution in [0, 0.1) is 5.92 Å². The van der Waals surface area contributed by atoms with Gasteiger partial charge in [-0.05, 0) is 18.9 Å². The van der Waals surface area contributed by atoms with E-state index in [-0.39, 0.29) is 0 Å². The van der Waals surface area contributed by atoms with Gasteiger partial charge in [-0.15, -0.1) is 0 Å². The number of rotatable bonds is 8. The van der Waals surface area contributed by atoms with Crippen molar-refractivity contribution in [2.75, 3.05) is 46.6 Å². The molecule has 1 N–H and O–H groups in total. The molecule has 0 aromatic rings. The third-order valence-corrected chi connectivity index (χ3v) is 3.44. The van der Waals surface area contributed by atoms with Crippen LogP contribution in [0.25, 0.3) is 0 Å². The molecule has 1 rings (SSSR count). The summed E-state index contributed by atoms with van der Waals surface area (Å²) in [5, 5.41) is 3.60. The van der Waals surface area contributed by atoms with Crippen molar-refractivity contribution < 1.29 is 9.47 Å². The predicted octanol–water partition coefficient (Wildman–Crippen LogP) is 1.36. The highest BCUT2D eigenvalue weighted by atomic mass is 16.5. The first kappa shape index (κ1) is 15.9. The molecule has 1 fully saturated rings. The summed E-state index contributed by atoms with van der Waals surface area (Å²) < 4.78 is 10.9. The quantitative estimate of drug-likeness (QED) is 0.713. The van der Waals surface area contributed by atoms with Gasteiger partial charge in [0.2, 0.25) is 0 Å². The van der Waals surface area contributed by atoms with Gasteiger partial charge >= 0.3 is 0 Å². The average Bonchev–Trinajstić information content (AvgIpc) is 2.35. The van der Waals surface area contributed by atoms with Gasteiger partial charge in [0.1, 0.15) is 0 Å². The zero-order valence-corrected chi connectivity index (χ0v) is 12.4. The zero-order chi connectivity index (χ0) is 13.4. The van der Waals surface area contributed by atoms with Gasteiger partial charge in [-0.25, -0.2) is 0 Å². The number of hydrogen-bond acceptors (Lipinski definition) is 4. The molecule has 0 aromatic heterocycles. The van der Waals surface area contributed by atoms with E-state index in [1.807, 2.05) is 0 Å². The van der Waals surface area contributed by atoms with Gasteiger partial charge in [0.05, 0.1) is 13.2 Å². The molecule has 2 atom stereocenters. The van der Waals surface area contributed by atoms with Crippen LogP contribution in [0.4, 0.5) is 0 Å². The molecule has 0 amide bonds. The third-order valence-electron chi connectivity index (χ3n) is 3.44. The van der Waals surface area contributed by atoms with Gasteiger partial charge in [-0.2, -0.15) is 0 Å². The van der Waals surface area contributed by atoms with Gasteiger partial charge in [-0.1, -0.05) is 20.8 Å². The van der Waals surface area contributed by atoms with E-state index in [0.29, 0.717) is 18.0 Å². The Kier molecular flexibility index (Phi) is 7.82. The Hall–Kier alpha value is -0.160. The van der Waals surface area contributed by atoms with Gasteiger partial charge in [0.15, 0.2) is 0 Å².